The molecule has 1 aromatic rings. The van der Waals surface area contributed by atoms with Crippen LogP contribution in [0.3, 0.4) is 0 Å². The maximum absolute atomic E-state index is 12.6. The van der Waals surface area contributed by atoms with E-state index in [0.717, 1.165) is 44.6 Å². The Morgan fingerprint density at radius 1 is 1.29 bits per heavy atom. The van der Waals surface area contributed by atoms with Gasteiger partial charge in [-0.2, -0.15) is 0 Å². The summed E-state index contributed by atoms with van der Waals surface area (Å²) in [4.78, 5) is 14.6. The molecule has 114 valence electrons. The molecular formula is C17H23NO3. The number of hydrogen-bond acceptors (Lipinski definition) is 3. The highest BCUT2D eigenvalue weighted by Gasteiger charge is 2.35. The number of carbonyl (C=O) groups is 1. The molecule has 0 spiro atoms. The molecule has 2 fully saturated rings. The van der Waals surface area contributed by atoms with Gasteiger partial charge in [0.25, 0.3) is 5.91 Å². The van der Waals surface area contributed by atoms with Crippen molar-refractivity contribution in [2.75, 3.05) is 19.8 Å². The van der Waals surface area contributed by atoms with Crippen molar-refractivity contribution in [3.63, 3.8) is 0 Å². The van der Waals surface area contributed by atoms with Crippen LogP contribution < -0.4 is 4.74 Å². The third kappa shape index (κ3) is 3.05. The van der Waals surface area contributed by atoms with E-state index in [1.807, 2.05) is 24.0 Å². The van der Waals surface area contributed by atoms with Gasteiger partial charge in [0, 0.05) is 13.2 Å². The van der Waals surface area contributed by atoms with Crippen LogP contribution in [0.25, 0.3) is 0 Å². The van der Waals surface area contributed by atoms with Gasteiger partial charge in [-0.25, -0.2) is 0 Å². The van der Waals surface area contributed by atoms with E-state index in [1.54, 1.807) is 0 Å². The van der Waals surface area contributed by atoms with E-state index in [0.29, 0.717) is 6.61 Å². The molecule has 0 aliphatic carbocycles. The van der Waals surface area contributed by atoms with Crippen molar-refractivity contribution in [2.45, 2.75) is 44.8 Å². The molecule has 0 unspecified atom stereocenters. The smallest absolute Gasteiger partial charge is 0.252 e. The fourth-order valence-corrected chi connectivity index (χ4v) is 3.29. The number of benzene rings is 1. The lowest BCUT2D eigenvalue weighted by Gasteiger charge is -2.27. The fourth-order valence-electron chi connectivity index (χ4n) is 3.29. The maximum Gasteiger partial charge on any atom is 0.252 e. The standard InChI is InChI=1S/C17H23NO3/c1-2-20-14-9-7-13(8-10-14)15-5-3-11-18(15)17(19)16-6-4-12-21-16/h7-10,15-16H,2-6,11-12H2,1H3/t15-,16+/m0/s1. The van der Waals surface area contributed by atoms with E-state index in [4.69, 9.17) is 9.47 Å². The van der Waals surface area contributed by atoms with Crippen LogP contribution in [0, 0.1) is 0 Å². The third-order valence-electron chi connectivity index (χ3n) is 4.32. The molecule has 4 heteroatoms. The van der Waals surface area contributed by atoms with Crippen molar-refractivity contribution in [2.24, 2.45) is 0 Å². The molecular weight excluding hydrogens is 266 g/mol. The average Bonchev–Trinajstić information content (AvgIpc) is 3.19. The topological polar surface area (TPSA) is 38.8 Å². The highest BCUT2D eigenvalue weighted by atomic mass is 16.5. The Morgan fingerprint density at radius 2 is 2.10 bits per heavy atom. The summed E-state index contributed by atoms with van der Waals surface area (Å²) in [5, 5.41) is 0. The Hall–Kier alpha value is -1.55. The first-order valence-corrected chi connectivity index (χ1v) is 7.94. The molecule has 21 heavy (non-hydrogen) atoms. The zero-order valence-electron chi connectivity index (χ0n) is 12.6. The van der Waals surface area contributed by atoms with Gasteiger partial charge in [0.05, 0.1) is 12.6 Å². The second-order valence-electron chi connectivity index (χ2n) is 5.69. The van der Waals surface area contributed by atoms with Gasteiger partial charge in [-0.1, -0.05) is 12.1 Å². The predicted molar refractivity (Wildman–Crippen MR) is 80.3 cm³/mol. The fraction of sp³-hybridized carbons (Fsp3) is 0.588. The van der Waals surface area contributed by atoms with Crippen molar-refractivity contribution >= 4 is 5.91 Å². The van der Waals surface area contributed by atoms with Gasteiger partial charge < -0.3 is 14.4 Å². The van der Waals surface area contributed by atoms with Crippen LogP contribution in [0.2, 0.25) is 0 Å². The Bertz CT molecular complexity index is 479. The van der Waals surface area contributed by atoms with Crippen LogP contribution in [-0.2, 0) is 9.53 Å². The molecule has 2 atom stereocenters. The Balaban J connectivity index is 1.72. The lowest BCUT2D eigenvalue weighted by atomic mass is 10.0. The van der Waals surface area contributed by atoms with Crippen molar-refractivity contribution in [1.29, 1.82) is 0 Å². The summed E-state index contributed by atoms with van der Waals surface area (Å²) >= 11 is 0. The second kappa shape index (κ2) is 6.48. The van der Waals surface area contributed by atoms with Gasteiger partial charge in [0.15, 0.2) is 0 Å². The van der Waals surface area contributed by atoms with Crippen LogP contribution >= 0.6 is 0 Å². The Morgan fingerprint density at radius 3 is 2.76 bits per heavy atom. The molecule has 0 bridgehead atoms. The second-order valence-corrected chi connectivity index (χ2v) is 5.69. The Kier molecular flexibility index (Phi) is 4.44. The molecule has 2 aliphatic rings. The summed E-state index contributed by atoms with van der Waals surface area (Å²) in [5.41, 5.74) is 1.20. The highest BCUT2D eigenvalue weighted by Crippen LogP contribution is 2.34. The monoisotopic (exact) mass is 289 g/mol. The first kappa shape index (κ1) is 14.4. The van der Waals surface area contributed by atoms with Gasteiger partial charge in [0.2, 0.25) is 0 Å². The minimum atomic E-state index is -0.215. The minimum Gasteiger partial charge on any atom is -0.494 e. The summed E-state index contributed by atoms with van der Waals surface area (Å²) in [6.07, 6.45) is 3.75. The molecule has 2 aliphatic heterocycles. The lowest BCUT2D eigenvalue weighted by molar-refractivity contribution is -0.141. The van der Waals surface area contributed by atoms with E-state index in [9.17, 15) is 4.79 Å². The van der Waals surface area contributed by atoms with E-state index in [2.05, 4.69) is 12.1 Å². The normalized spacial score (nSPS) is 25.3. The number of amides is 1. The zero-order valence-corrected chi connectivity index (χ0v) is 12.6. The van der Waals surface area contributed by atoms with Gasteiger partial charge in [-0.05, 0) is 50.3 Å². The van der Waals surface area contributed by atoms with Crippen molar-refractivity contribution < 1.29 is 14.3 Å². The summed E-state index contributed by atoms with van der Waals surface area (Å²) in [5.74, 6) is 1.06. The number of likely N-dealkylation sites (tertiary alicyclic amines) is 1. The summed E-state index contributed by atoms with van der Waals surface area (Å²) in [7, 11) is 0. The quantitative estimate of drug-likeness (QED) is 0.855. The van der Waals surface area contributed by atoms with Crippen LogP contribution in [0.15, 0.2) is 24.3 Å². The third-order valence-corrected chi connectivity index (χ3v) is 4.32. The first-order valence-electron chi connectivity index (χ1n) is 7.94. The minimum absolute atomic E-state index is 0.170. The largest absolute Gasteiger partial charge is 0.494 e. The molecule has 0 radical (unpaired) electrons. The molecule has 1 aromatic carbocycles. The molecule has 0 N–H and O–H groups in total. The highest BCUT2D eigenvalue weighted by molar-refractivity contribution is 5.82. The van der Waals surface area contributed by atoms with Crippen molar-refractivity contribution in [3.8, 4) is 5.75 Å². The van der Waals surface area contributed by atoms with E-state index < -0.39 is 0 Å². The maximum atomic E-state index is 12.6. The molecule has 2 heterocycles. The van der Waals surface area contributed by atoms with Crippen LogP contribution in [0.1, 0.15) is 44.2 Å². The van der Waals surface area contributed by atoms with E-state index >= 15 is 0 Å². The number of carbonyl (C=O) groups excluding carboxylic acids is 1. The van der Waals surface area contributed by atoms with Gasteiger partial charge >= 0.3 is 0 Å². The van der Waals surface area contributed by atoms with Crippen molar-refractivity contribution in [1.82, 2.24) is 4.90 Å². The van der Waals surface area contributed by atoms with Gasteiger partial charge in [-0.3, -0.25) is 4.79 Å². The van der Waals surface area contributed by atoms with Crippen LogP contribution in [-0.4, -0.2) is 36.7 Å². The molecule has 2 saturated heterocycles. The number of ether oxygens (including phenoxy) is 2. The summed E-state index contributed by atoms with van der Waals surface area (Å²) in [6.45, 7) is 4.22. The first-order chi connectivity index (χ1) is 10.3. The molecule has 3 rings (SSSR count). The van der Waals surface area contributed by atoms with Gasteiger partial charge in [-0.15, -0.1) is 0 Å². The van der Waals surface area contributed by atoms with E-state index in [1.165, 1.54) is 5.56 Å². The van der Waals surface area contributed by atoms with Crippen molar-refractivity contribution in [3.05, 3.63) is 29.8 Å². The Labute approximate surface area is 126 Å². The lowest BCUT2D eigenvalue weighted by Crippen LogP contribution is -2.38. The number of nitrogens with zero attached hydrogens (tertiary/aromatic N) is 1. The average molecular weight is 289 g/mol. The van der Waals surface area contributed by atoms with Gasteiger partial charge in [0.1, 0.15) is 11.9 Å². The van der Waals surface area contributed by atoms with Crippen LogP contribution in [0.4, 0.5) is 0 Å². The SMILES string of the molecule is CCOc1ccc([C@@H]2CCCN2C(=O)[C@H]2CCCO2)cc1. The molecule has 1 amide bonds. The summed E-state index contributed by atoms with van der Waals surface area (Å²) in [6, 6.07) is 8.34. The summed E-state index contributed by atoms with van der Waals surface area (Å²) < 4.78 is 11.0. The van der Waals surface area contributed by atoms with E-state index in [-0.39, 0.29) is 18.1 Å². The predicted octanol–water partition coefficient (Wildman–Crippen LogP) is 2.93. The molecule has 4 nitrogen and oxygen atoms in total. The molecule has 0 saturated carbocycles. The number of rotatable bonds is 4. The van der Waals surface area contributed by atoms with Crippen LogP contribution in [0.5, 0.6) is 5.75 Å². The number of hydrogen-bond donors (Lipinski definition) is 0. The molecule has 0 aromatic heterocycles. The zero-order chi connectivity index (χ0) is 14.7.